The van der Waals surface area contributed by atoms with Crippen molar-refractivity contribution in [3.05, 3.63) is 95.3 Å². The summed E-state index contributed by atoms with van der Waals surface area (Å²) in [6.45, 7) is 5.29. The van der Waals surface area contributed by atoms with Gasteiger partial charge in [0, 0.05) is 18.4 Å². The SMILES string of the molecule is CCOC(=O)CC(NC(=O)NCc1cccn1Cc1ccccc1C)c1ccccc1. The van der Waals surface area contributed by atoms with Gasteiger partial charge in [-0.15, -0.1) is 0 Å². The van der Waals surface area contributed by atoms with Crippen molar-refractivity contribution in [2.75, 3.05) is 6.61 Å². The van der Waals surface area contributed by atoms with Gasteiger partial charge in [0.25, 0.3) is 0 Å². The van der Waals surface area contributed by atoms with Crippen molar-refractivity contribution in [2.45, 2.75) is 39.4 Å². The first-order valence-electron chi connectivity index (χ1n) is 10.5. The van der Waals surface area contributed by atoms with E-state index in [1.807, 2.05) is 60.8 Å². The van der Waals surface area contributed by atoms with Crippen molar-refractivity contribution in [3.8, 4) is 0 Å². The second-order valence-corrected chi connectivity index (χ2v) is 7.35. The van der Waals surface area contributed by atoms with E-state index < -0.39 is 6.04 Å². The number of hydrogen-bond acceptors (Lipinski definition) is 3. The number of benzene rings is 2. The molecule has 2 amide bonds. The van der Waals surface area contributed by atoms with Crippen molar-refractivity contribution in [1.82, 2.24) is 15.2 Å². The fourth-order valence-corrected chi connectivity index (χ4v) is 3.44. The third-order valence-electron chi connectivity index (χ3n) is 5.14. The molecule has 1 unspecified atom stereocenters. The van der Waals surface area contributed by atoms with Gasteiger partial charge in [0.05, 0.1) is 25.6 Å². The van der Waals surface area contributed by atoms with Crippen molar-refractivity contribution >= 4 is 12.0 Å². The van der Waals surface area contributed by atoms with E-state index in [2.05, 4.69) is 34.3 Å². The van der Waals surface area contributed by atoms with Crippen LogP contribution in [0.1, 0.15) is 41.8 Å². The molecule has 3 rings (SSSR count). The Morgan fingerprint density at radius 3 is 2.48 bits per heavy atom. The second kappa shape index (κ2) is 11.0. The molecule has 0 spiro atoms. The Labute approximate surface area is 183 Å². The third kappa shape index (κ3) is 6.47. The van der Waals surface area contributed by atoms with E-state index in [0.29, 0.717) is 13.2 Å². The highest BCUT2D eigenvalue weighted by Crippen LogP contribution is 2.17. The standard InChI is InChI=1S/C25H29N3O3/c1-3-31-24(29)16-23(20-11-5-4-6-12-20)27-25(30)26-17-22-14-9-15-28(22)18-21-13-8-7-10-19(21)2/h4-15,23H,3,16-18H2,1-2H3,(H2,26,27,30). The molecular formula is C25H29N3O3. The highest BCUT2D eigenvalue weighted by molar-refractivity contribution is 5.76. The highest BCUT2D eigenvalue weighted by atomic mass is 16.5. The van der Waals surface area contributed by atoms with E-state index >= 15 is 0 Å². The van der Waals surface area contributed by atoms with Gasteiger partial charge >= 0.3 is 12.0 Å². The number of hydrogen-bond donors (Lipinski definition) is 2. The van der Waals surface area contributed by atoms with Gasteiger partial charge in [-0.1, -0.05) is 54.6 Å². The molecule has 1 atom stereocenters. The van der Waals surface area contributed by atoms with E-state index in [0.717, 1.165) is 17.8 Å². The molecule has 0 fully saturated rings. The first-order valence-corrected chi connectivity index (χ1v) is 10.5. The molecule has 31 heavy (non-hydrogen) atoms. The van der Waals surface area contributed by atoms with Crippen LogP contribution < -0.4 is 10.6 Å². The quantitative estimate of drug-likeness (QED) is 0.507. The third-order valence-corrected chi connectivity index (χ3v) is 5.14. The molecule has 0 aliphatic heterocycles. The first-order chi connectivity index (χ1) is 15.1. The summed E-state index contributed by atoms with van der Waals surface area (Å²) in [4.78, 5) is 24.6. The van der Waals surface area contributed by atoms with Gasteiger partial charge in [-0.3, -0.25) is 4.79 Å². The summed E-state index contributed by atoms with van der Waals surface area (Å²) in [5, 5.41) is 5.81. The van der Waals surface area contributed by atoms with Crippen molar-refractivity contribution < 1.29 is 14.3 Å². The Bertz CT molecular complexity index is 998. The Kier molecular flexibility index (Phi) is 7.87. The molecule has 1 heterocycles. The molecule has 6 nitrogen and oxygen atoms in total. The highest BCUT2D eigenvalue weighted by Gasteiger charge is 2.19. The zero-order chi connectivity index (χ0) is 22.1. The van der Waals surface area contributed by atoms with Crippen LogP contribution in [0.5, 0.6) is 0 Å². The summed E-state index contributed by atoms with van der Waals surface area (Å²) < 4.78 is 7.18. The number of amides is 2. The molecule has 0 saturated heterocycles. The lowest BCUT2D eigenvalue weighted by Crippen LogP contribution is -2.38. The minimum atomic E-state index is -0.459. The van der Waals surface area contributed by atoms with E-state index in [-0.39, 0.29) is 18.4 Å². The maximum Gasteiger partial charge on any atom is 0.315 e. The number of nitrogens with one attached hydrogen (secondary N) is 2. The molecule has 0 bridgehead atoms. The molecule has 1 aromatic heterocycles. The Morgan fingerprint density at radius 2 is 1.74 bits per heavy atom. The average Bonchev–Trinajstić information content (AvgIpc) is 3.21. The molecule has 3 aromatic rings. The molecule has 2 aromatic carbocycles. The van der Waals surface area contributed by atoms with Crippen LogP contribution in [0.4, 0.5) is 4.79 Å². The van der Waals surface area contributed by atoms with Gasteiger partial charge in [0.2, 0.25) is 0 Å². The predicted octanol–water partition coefficient (Wildman–Crippen LogP) is 4.34. The normalized spacial score (nSPS) is 11.5. The molecule has 0 aliphatic rings. The van der Waals surface area contributed by atoms with Gasteiger partial charge in [-0.2, -0.15) is 0 Å². The van der Waals surface area contributed by atoms with Crippen LogP contribution in [-0.4, -0.2) is 23.2 Å². The van der Waals surface area contributed by atoms with E-state index in [4.69, 9.17) is 4.74 Å². The lowest BCUT2D eigenvalue weighted by molar-refractivity contribution is -0.143. The Hall–Kier alpha value is -3.54. The van der Waals surface area contributed by atoms with Gasteiger partial charge in [-0.25, -0.2) is 4.79 Å². The topological polar surface area (TPSA) is 72.4 Å². The number of esters is 1. The molecule has 0 saturated carbocycles. The van der Waals surface area contributed by atoms with Gasteiger partial charge in [-0.05, 0) is 42.7 Å². The van der Waals surface area contributed by atoms with Crippen molar-refractivity contribution in [1.29, 1.82) is 0 Å². The number of ether oxygens (including phenoxy) is 1. The Morgan fingerprint density at radius 1 is 1.00 bits per heavy atom. The van der Waals surface area contributed by atoms with E-state index in [1.54, 1.807) is 6.92 Å². The maximum atomic E-state index is 12.6. The van der Waals surface area contributed by atoms with Crippen LogP contribution in [0.3, 0.4) is 0 Å². The molecule has 0 aliphatic carbocycles. The van der Waals surface area contributed by atoms with Gasteiger partial charge < -0.3 is 19.9 Å². The van der Waals surface area contributed by atoms with Crippen molar-refractivity contribution in [3.63, 3.8) is 0 Å². The number of nitrogens with zero attached hydrogens (tertiary/aromatic N) is 1. The van der Waals surface area contributed by atoms with Crippen LogP contribution in [0.2, 0.25) is 0 Å². The lowest BCUT2D eigenvalue weighted by atomic mass is 10.0. The van der Waals surface area contributed by atoms with Crippen LogP contribution in [0, 0.1) is 6.92 Å². The zero-order valence-electron chi connectivity index (χ0n) is 18.0. The first kappa shape index (κ1) is 22.2. The van der Waals surface area contributed by atoms with Gasteiger partial charge in [0.15, 0.2) is 0 Å². The maximum absolute atomic E-state index is 12.6. The number of rotatable bonds is 9. The number of carbonyl (C=O) groups is 2. The van der Waals surface area contributed by atoms with Crippen molar-refractivity contribution in [2.24, 2.45) is 0 Å². The Balaban J connectivity index is 1.61. The zero-order valence-corrected chi connectivity index (χ0v) is 18.0. The fraction of sp³-hybridized carbons (Fsp3) is 0.280. The predicted molar refractivity (Wildman–Crippen MR) is 121 cm³/mol. The number of urea groups is 1. The van der Waals surface area contributed by atoms with Crippen LogP contribution in [0.15, 0.2) is 72.9 Å². The summed E-state index contributed by atoms with van der Waals surface area (Å²) in [5.74, 6) is -0.344. The molecule has 6 heteroatoms. The summed E-state index contributed by atoms with van der Waals surface area (Å²) in [6, 6.07) is 20.9. The lowest BCUT2D eigenvalue weighted by Gasteiger charge is -2.19. The van der Waals surface area contributed by atoms with Crippen LogP contribution in [0.25, 0.3) is 0 Å². The van der Waals surface area contributed by atoms with E-state index in [9.17, 15) is 9.59 Å². The summed E-state index contributed by atoms with van der Waals surface area (Å²) in [7, 11) is 0. The van der Waals surface area contributed by atoms with Gasteiger partial charge in [0.1, 0.15) is 0 Å². The number of aryl methyl sites for hydroxylation is 1. The summed E-state index contributed by atoms with van der Waals surface area (Å²) in [6.07, 6.45) is 2.09. The monoisotopic (exact) mass is 419 g/mol. The average molecular weight is 420 g/mol. The largest absolute Gasteiger partial charge is 0.466 e. The minimum Gasteiger partial charge on any atom is -0.466 e. The second-order valence-electron chi connectivity index (χ2n) is 7.35. The molecular weight excluding hydrogens is 390 g/mol. The summed E-state index contributed by atoms with van der Waals surface area (Å²) in [5.41, 5.74) is 4.33. The summed E-state index contributed by atoms with van der Waals surface area (Å²) >= 11 is 0. The number of aromatic nitrogens is 1. The molecule has 162 valence electrons. The molecule has 2 N–H and O–H groups in total. The minimum absolute atomic E-state index is 0.0783. The van der Waals surface area contributed by atoms with Crippen LogP contribution >= 0.6 is 0 Å². The van der Waals surface area contributed by atoms with E-state index in [1.165, 1.54) is 11.1 Å². The molecule has 0 radical (unpaired) electrons. The fourth-order valence-electron chi connectivity index (χ4n) is 3.44. The van der Waals surface area contributed by atoms with Crippen LogP contribution in [-0.2, 0) is 22.6 Å². The number of carbonyl (C=O) groups excluding carboxylic acids is 2. The smallest absolute Gasteiger partial charge is 0.315 e.